The highest BCUT2D eigenvalue weighted by atomic mass is 35.5. The number of halogens is 1. The molecule has 0 saturated heterocycles. The number of ether oxygens (including phenoxy) is 2. The first-order valence-corrected chi connectivity index (χ1v) is 9.94. The Morgan fingerprint density at radius 3 is 2.52 bits per heavy atom. The van der Waals surface area contributed by atoms with Crippen molar-refractivity contribution in [1.29, 1.82) is 0 Å². The molecule has 1 amide bonds. The van der Waals surface area contributed by atoms with E-state index in [4.69, 9.17) is 21.1 Å². The summed E-state index contributed by atoms with van der Waals surface area (Å²) in [5, 5.41) is 3.33. The van der Waals surface area contributed by atoms with Gasteiger partial charge in [0.15, 0.2) is 12.2 Å². The van der Waals surface area contributed by atoms with Crippen LogP contribution in [-0.2, 0) is 19.1 Å². The molecule has 0 aromatic heterocycles. The van der Waals surface area contributed by atoms with Crippen LogP contribution in [0, 0.1) is 0 Å². The molecule has 1 aliphatic rings. The zero-order valence-corrected chi connectivity index (χ0v) is 16.8. The Hall–Kier alpha value is -2.01. The van der Waals surface area contributed by atoms with Gasteiger partial charge in [-0.3, -0.25) is 4.79 Å². The fraction of sp³-hybridized carbons (Fsp3) is 0.524. The van der Waals surface area contributed by atoms with Gasteiger partial charge in [-0.2, -0.15) is 0 Å². The molecule has 5 nitrogen and oxygen atoms in total. The van der Waals surface area contributed by atoms with Gasteiger partial charge >= 0.3 is 5.97 Å². The van der Waals surface area contributed by atoms with Gasteiger partial charge in [-0.05, 0) is 44.0 Å². The first-order chi connectivity index (χ1) is 12.9. The molecule has 27 heavy (non-hydrogen) atoms. The number of rotatable bonds is 11. The third kappa shape index (κ3) is 6.90. The van der Waals surface area contributed by atoms with Crippen LogP contribution in [0.3, 0.4) is 0 Å². The van der Waals surface area contributed by atoms with Crippen LogP contribution < -0.4 is 5.32 Å². The summed E-state index contributed by atoms with van der Waals surface area (Å²) in [4.78, 5) is 23.8. The fourth-order valence-electron chi connectivity index (χ4n) is 3.05. The molecule has 148 valence electrons. The molecule has 0 saturated carbocycles. The van der Waals surface area contributed by atoms with Crippen LogP contribution in [0.5, 0.6) is 0 Å². The van der Waals surface area contributed by atoms with Gasteiger partial charge in [0.1, 0.15) is 5.76 Å². The normalized spacial score (nSPS) is 18.8. The highest BCUT2D eigenvalue weighted by Gasteiger charge is 2.40. The van der Waals surface area contributed by atoms with Gasteiger partial charge < -0.3 is 14.8 Å². The highest BCUT2D eigenvalue weighted by Crippen LogP contribution is 2.33. The number of carbonyl (C=O) groups is 2. The Morgan fingerprint density at radius 1 is 1.15 bits per heavy atom. The van der Waals surface area contributed by atoms with Crippen molar-refractivity contribution in [1.82, 2.24) is 0 Å². The number of nitrogens with one attached hydrogen (secondary N) is 1. The Balaban J connectivity index is 1.80. The van der Waals surface area contributed by atoms with E-state index in [9.17, 15) is 9.59 Å². The Bertz CT molecular complexity index is 671. The lowest BCUT2D eigenvalue weighted by atomic mass is 9.96. The minimum atomic E-state index is -0.789. The van der Waals surface area contributed by atoms with Crippen molar-refractivity contribution in [2.45, 2.75) is 64.4 Å². The summed E-state index contributed by atoms with van der Waals surface area (Å²) < 4.78 is 11.1. The standard InChI is InChI=1S/C21H28ClNO4/c1-3-4-5-6-7-8-13-21(2)18(14-20(25)27-21)26-15-19(24)23-17-11-9-16(22)10-12-17/h9-12,14H,3-8,13,15H2,1-2H3,(H,23,24). The molecule has 0 bridgehead atoms. The Morgan fingerprint density at radius 2 is 1.81 bits per heavy atom. The predicted molar refractivity (Wildman–Crippen MR) is 107 cm³/mol. The van der Waals surface area contributed by atoms with E-state index in [1.807, 2.05) is 6.92 Å². The van der Waals surface area contributed by atoms with Crippen LogP contribution >= 0.6 is 11.6 Å². The third-order valence-electron chi connectivity index (χ3n) is 4.59. The summed E-state index contributed by atoms with van der Waals surface area (Å²) >= 11 is 5.83. The molecule has 1 unspecified atom stereocenters. The maximum atomic E-state index is 12.1. The van der Waals surface area contributed by atoms with Crippen molar-refractivity contribution in [2.75, 3.05) is 11.9 Å². The van der Waals surface area contributed by atoms with Gasteiger partial charge in [0.2, 0.25) is 0 Å². The molecule has 1 heterocycles. The average Bonchev–Trinajstić information content (AvgIpc) is 2.92. The molecule has 1 aromatic rings. The molecule has 0 fully saturated rings. The molecule has 1 aliphatic heterocycles. The fourth-order valence-corrected chi connectivity index (χ4v) is 3.17. The summed E-state index contributed by atoms with van der Waals surface area (Å²) in [6.07, 6.45) is 8.96. The summed E-state index contributed by atoms with van der Waals surface area (Å²) in [6.45, 7) is 3.85. The number of amides is 1. The lowest BCUT2D eigenvalue weighted by Crippen LogP contribution is -2.31. The summed E-state index contributed by atoms with van der Waals surface area (Å²) in [7, 11) is 0. The summed E-state index contributed by atoms with van der Waals surface area (Å²) in [6, 6.07) is 6.82. The lowest BCUT2D eigenvalue weighted by molar-refractivity contribution is -0.147. The molecule has 1 atom stereocenters. The van der Waals surface area contributed by atoms with E-state index in [-0.39, 0.29) is 12.5 Å². The molecular formula is C21H28ClNO4. The number of cyclic esters (lactones) is 1. The quantitative estimate of drug-likeness (QED) is 0.412. The molecule has 1 aromatic carbocycles. The van der Waals surface area contributed by atoms with E-state index in [0.29, 0.717) is 22.9 Å². The van der Waals surface area contributed by atoms with Crippen molar-refractivity contribution in [2.24, 2.45) is 0 Å². The maximum absolute atomic E-state index is 12.1. The minimum absolute atomic E-state index is 0.183. The molecule has 0 radical (unpaired) electrons. The lowest BCUT2D eigenvalue weighted by Gasteiger charge is -2.26. The van der Waals surface area contributed by atoms with Gasteiger partial charge in [0.05, 0.1) is 6.08 Å². The second kappa shape index (κ2) is 10.4. The molecule has 1 N–H and O–H groups in total. The first kappa shape index (κ1) is 21.3. The third-order valence-corrected chi connectivity index (χ3v) is 4.84. The van der Waals surface area contributed by atoms with Crippen LogP contribution in [0.2, 0.25) is 5.02 Å². The second-order valence-electron chi connectivity index (χ2n) is 7.02. The van der Waals surface area contributed by atoms with E-state index in [1.165, 1.54) is 31.8 Å². The molecule has 2 rings (SSSR count). The van der Waals surface area contributed by atoms with Crippen molar-refractivity contribution in [3.63, 3.8) is 0 Å². The largest absolute Gasteiger partial charge is 0.484 e. The van der Waals surface area contributed by atoms with E-state index in [2.05, 4.69) is 12.2 Å². The number of hydrogen-bond acceptors (Lipinski definition) is 4. The molecular weight excluding hydrogens is 366 g/mol. The Kier molecular flexibility index (Phi) is 8.17. The zero-order valence-electron chi connectivity index (χ0n) is 16.1. The van der Waals surface area contributed by atoms with E-state index >= 15 is 0 Å². The number of benzene rings is 1. The van der Waals surface area contributed by atoms with Gasteiger partial charge in [-0.25, -0.2) is 4.79 Å². The second-order valence-corrected chi connectivity index (χ2v) is 7.46. The molecule has 6 heteroatoms. The monoisotopic (exact) mass is 393 g/mol. The van der Waals surface area contributed by atoms with Crippen molar-refractivity contribution in [3.8, 4) is 0 Å². The van der Waals surface area contributed by atoms with Gasteiger partial charge in [-0.15, -0.1) is 0 Å². The van der Waals surface area contributed by atoms with Crippen LogP contribution in [-0.4, -0.2) is 24.1 Å². The van der Waals surface area contributed by atoms with Gasteiger partial charge in [0, 0.05) is 10.7 Å². The number of anilines is 1. The number of unbranched alkanes of at least 4 members (excludes halogenated alkanes) is 5. The number of esters is 1. The van der Waals surface area contributed by atoms with Crippen molar-refractivity contribution >= 4 is 29.2 Å². The van der Waals surface area contributed by atoms with Crippen molar-refractivity contribution < 1.29 is 19.1 Å². The van der Waals surface area contributed by atoms with Crippen LogP contribution in [0.1, 0.15) is 58.8 Å². The van der Waals surface area contributed by atoms with Crippen LogP contribution in [0.25, 0.3) is 0 Å². The first-order valence-electron chi connectivity index (χ1n) is 9.56. The molecule has 0 aliphatic carbocycles. The van der Waals surface area contributed by atoms with E-state index in [0.717, 1.165) is 12.8 Å². The topological polar surface area (TPSA) is 64.6 Å². The highest BCUT2D eigenvalue weighted by molar-refractivity contribution is 6.30. The van der Waals surface area contributed by atoms with Crippen LogP contribution in [0.4, 0.5) is 5.69 Å². The van der Waals surface area contributed by atoms with E-state index < -0.39 is 11.6 Å². The number of carbonyl (C=O) groups excluding carboxylic acids is 2. The van der Waals surface area contributed by atoms with Gasteiger partial charge in [0.25, 0.3) is 5.91 Å². The smallest absolute Gasteiger partial charge is 0.335 e. The van der Waals surface area contributed by atoms with E-state index in [1.54, 1.807) is 24.3 Å². The summed E-state index contributed by atoms with van der Waals surface area (Å²) in [5.74, 6) is -0.302. The zero-order chi connectivity index (χ0) is 19.7. The van der Waals surface area contributed by atoms with Crippen molar-refractivity contribution in [3.05, 3.63) is 41.1 Å². The summed E-state index contributed by atoms with van der Waals surface area (Å²) in [5.41, 5.74) is -0.155. The molecule has 0 spiro atoms. The SMILES string of the molecule is CCCCCCCCC1(C)OC(=O)C=C1OCC(=O)Nc1ccc(Cl)cc1. The van der Waals surface area contributed by atoms with Gasteiger partial charge in [-0.1, -0.05) is 50.6 Å². The van der Waals surface area contributed by atoms with Crippen LogP contribution in [0.15, 0.2) is 36.1 Å². The maximum Gasteiger partial charge on any atom is 0.335 e. The number of hydrogen-bond donors (Lipinski definition) is 1. The predicted octanol–water partition coefficient (Wildman–Crippen LogP) is 5.25. The average molecular weight is 394 g/mol. The Labute approximate surface area is 166 Å². The minimum Gasteiger partial charge on any atom is -0.484 e.